The van der Waals surface area contributed by atoms with E-state index in [1.807, 2.05) is 0 Å². The summed E-state index contributed by atoms with van der Waals surface area (Å²) in [6.45, 7) is 0.105. The molecule has 2 heterocycles. The van der Waals surface area contributed by atoms with Crippen molar-refractivity contribution in [1.82, 2.24) is 9.88 Å². The number of pyridine rings is 1. The van der Waals surface area contributed by atoms with Crippen LogP contribution in [0.5, 0.6) is 11.5 Å². The Morgan fingerprint density at radius 2 is 1.82 bits per heavy atom. The SMILES string of the molecule is COc1ccc(OC)c(C2C(C(=O)c3ccc(Cl)cc3)C(=O)C(=O)N2Cc2cccnc2)c1. The summed E-state index contributed by atoms with van der Waals surface area (Å²) in [5.74, 6) is -2.27. The molecule has 4 rings (SSSR count). The Kier molecular flexibility index (Phi) is 6.42. The molecule has 2 atom stereocenters. The fraction of sp³-hybridized carbons (Fsp3) is 0.200. The Labute approximate surface area is 195 Å². The molecular weight excluding hydrogens is 444 g/mol. The Morgan fingerprint density at radius 3 is 2.45 bits per heavy atom. The van der Waals surface area contributed by atoms with Gasteiger partial charge in [-0.15, -0.1) is 0 Å². The van der Waals surface area contributed by atoms with E-state index in [9.17, 15) is 14.4 Å². The van der Waals surface area contributed by atoms with Crippen molar-refractivity contribution < 1.29 is 23.9 Å². The van der Waals surface area contributed by atoms with E-state index in [2.05, 4.69) is 4.98 Å². The minimum atomic E-state index is -1.25. The number of aromatic nitrogens is 1. The molecule has 0 bridgehead atoms. The van der Waals surface area contributed by atoms with Gasteiger partial charge < -0.3 is 14.4 Å². The van der Waals surface area contributed by atoms with Gasteiger partial charge in [-0.2, -0.15) is 0 Å². The van der Waals surface area contributed by atoms with Gasteiger partial charge in [0.1, 0.15) is 17.4 Å². The first-order chi connectivity index (χ1) is 15.9. The molecule has 1 fully saturated rings. The number of ether oxygens (including phenoxy) is 2. The molecule has 0 radical (unpaired) electrons. The highest BCUT2D eigenvalue weighted by Crippen LogP contribution is 2.43. The lowest BCUT2D eigenvalue weighted by molar-refractivity contribution is -0.141. The van der Waals surface area contributed by atoms with Crippen molar-refractivity contribution >= 4 is 29.1 Å². The molecule has 1 aliphatic rings. The van der Waals surface area contributed by atoms with E-state index in [0.717, 1.165) is 5.56 Å². The van der Waals surface area contributed by atoms with E-state index in [4.69, 9.17) is 21.1 Å². The number of carbonyl (C=O) groups excluding carboxylic acids is 3. The molecule has 2 aromatic carbocycles. The first kappa shape index (κ1) is 22.5. The molecule has 8 heteroatoms. The fourth-order valence-corrected chi connectivity index (χ4v) is 4.18. The van der Waals surface area contributed by atoms with Gasteiger partial charge >= 0.3 is 0 Å². The topological polar surface area (TPSA) is 85.8 Å². The Bertz CT molecular complexity index is 1200. The molecule has 3 aromatic rings. The van der Waals surface area contributed by atoms with Crippen molar-refractivity contribution in [2.24, 2.45) is 5.92 Å². The van der Waals surface area contributed by atoms with Crippen LogP contribution in [0.25, 0.3) is 0 Å². The summed E-state index contributed by atoms with van der Waals surface area (Å²) in [5.41, 5.74) is 1.53. The van der Waals surface area contributed by atoms with Crippen LogP contribution in [-0.4, -0.2) is 41.6 Å². The van der Waals surface area contributed by atoms with Crippen molar-refractivity contribution in [2.45, 2.75) is 12.6 Å². The van der Waals surface area contributed by atoms with Gasteiger partial charge in [-0.1, -0.05) is 17.7 Å². The zero-order chi connectivity index (χ0) is 23.5. The van der Waals surface area contributed by atoms with Crippen LogP contribution < -0.4 is 9.47 Å². The molecule has 0 aliphatic carbocycles. The molecule has 33 heavy (non-hydrogen) atoms. The smallest absolute Gasteiger partial charge is 0.291 e. The van der Waals surface area contributed by atoms with Crippen LogP contribution in [0.2, 0.25) is 5.02 Å². The number of likely N-dealkylation sites (tertiary alicyclic amines) is 1. The summed E-state index contributed by atoms with van der Waals surface area (Å²) in [7, 11) is 3.01. The number of benzene rings is 2. The third-order valence-corrected chi connectivity index (χ3v) is 5.90. The van der Waals surface area contributed by atoms with E-state index in [-0.39, 0.29) is 6.54 Å². The maximum Gasteiger partial charge on any atom is 0.291 e. The molecule has 1 aliphatic heterocycles. The average Bonchev–Trinajstić information content (AvgIpc) is 3.09. The van der Waals surface area contributed by atoms with Crippen molar-refractivity contribution in [3.05, 3.63) is 88.7 Å². The van der Waals surface area contributed by atoms with Crippen LogP contribution >= 0.6 is 11.6 Å². The second-order valence-electron chi connectivity index (χ2n) is 7.56. The molecular formula is C25H21ClN2O5. The molecule has 0 spiro atoms. The monoisotopic (exact) mass is 464 g/mol. The van der Waals surface area contributed by atoms with Gasteiger partial charge in [0, 0.05) is 35.1 Å². The zero-order valence-electron chi connectivity index (χ0n) is 18.0. The normalized spacial score (nSPS) is 17.8. The maximum absolute atomic E-state index is 13.5. The van der Waals surface area contributed by atoms with Gasteiger partial charge in [0.25, 0.3) is 5.91 Å². The summed E-state index contributed by atoms with van der Waals surface area (Å²) < 4.78 is 10.9. The maximum atomic E-state index is 13.5. The van der Waals surface area contributed by atoms with Crippen molar-refractivity contribution in [3.8, 4) is 11.5 Å². The van der Waals surface area contributed by atoms with Crippen LogP contribution in [0.4, 0.5) is 0 Å². The van der Waals surface area contributed by atoms with E-state index >= 15 is 0 Å². The third kappa shape index (κ3) is 4.32. The number of ketones is 2. The highest BCUT2D eigenvalue weighted by molar-refractivity contribution is 6.44. The van der Waals surface area contributed by atoms with Crippen molar-refractivity contribution in [3.63, 3.8) is 0 Å². The number of Topliss-reactive ketones (excluding diaryl/α,β-unsaturated/α-hetero) is 2. The summed E-state index contributed by atoms with van der Waals surface area (Å²) in [4.78, 5) is 45.4. The second-order valence-corrected chi connectivity index (χ2v) is 8.00. The predicted octanol–water partition coefficient (Wildman–Crippen LogP) is 3.90. The quantitative estimate of drug-likeness (QED) is 0.299. The number of amides is 1. The zero-order valence-corrected chi connectivity index (χ0v) is 18.8. The number of carbonyl (C=O) groups is 3. The van der Waals surface area contributed by atoms with Crippen molar-refractivity contribution in [1.29, 1.82) is 0 Å². The first-order valence-corrected chi connectivity index (χ1v) is 10.6. The number of rotatable bonds is 7. The number of nitrogens with zero attached hydrogens (tertiary/aromatic N) is 2. The van der Waals surface area contributed by atoms with Crippen LogP contribution in [0, 0.1) is 5.92 Å². The summed E-state index contributed by atoms with van der Waals surface area (Å²) in [6.07, 6.45) is 3.24. The largest absolute Gasteiger partial charge is 0.497 e. The minimum Gasteiger partial charge on any atom is -0.497 e. The van der Waals surface area contributed by atoms with Crippen LogP contribution in [0.1, 0.15) is 27.5 Å². The molecule has 7 nitrogen and oxygen atoms in total. The number of halogens is 1. The number of methoxy groups -OCH3 is 2. The van der Waals surface area contributed by atoms with Gasteiger partial charge in [-0.05, 0) is 54.1 Å². The van der Waals surface area contributed by atoms with Crippen molar-refractivity contribution in [2.75, 3.05) is 14.2 Å². The van der Waals surface area contributed by atoms with Gasteiger partial charge in [0.2, 0.25) is 5.78 Å². The minimum absolute atomic E-state index is 0.105. The van der Waals surface area contributed by atoms with Gasteiger partial charge in [0.15, 0.2) is 5.78 Å². The molecule has 168 valence electrons. The highest BCUT2D eigenvalue weighted by atomic mass is 35.5. The summed E-state index contributed by atoms with van der Waals surface area (Å²) >= 11 is 5.96. The lowest BCUT2D eigenvalue weighted by atomic mass is 9.85. The van der Waals surface area contributed by atoms with Gasteiger partial charge in [-0.3, -0.25) is 19.4 Å². The fourth-order valence-electron chi connectivity index (χ4n) is 4.06. The second kappa shape index (κ2) is 9.42. The summed E-state index contributed by atoms with van der Waals surface area (Å²) in [6, 6.07) is 14.0. The average molecular weight is 465 g/mol. The van der Waals surface area contributed by atoms with Crippen LogP contribution in [0.15, 0.2) is 67.0 Å². The summed E-state index contributed by atoms with van der Waals surface area (Å²) in [5, 5.41) is 0.463. The van der Waals surface area contributed by atoms with Crippen LogP contribution in [-0.2, 0) is 16.1 Å². The highest BCUT2D eigenvalue weighted by Gasteiger charge is 2.52. The molecule has 1 aromatic heterocycles. The van der Waals surface area contributed by atoms with Crippen LogP contribution in [0.3, 0.4) is 0 Å². The Hall–Kier alpha value is -3.71. The third-order valence-electron chi connectivity index (χ3n) is 5.65. The predicted molar refractivity (Wildman–Crippen MR) is 121 cm³/mol. The first-order valence-electron chi connectivity index (χ1n) is 10.2. The van der Waals surface area contributed by atoms with Gasteiger partial charge in [-0.25, -0.2) is 0 Å². The van der Waals surface area contributed by atoms with E-state index < -0.39 is 29.4 Å². The standard InChI is InChI=1S/C25H21ClN2O5/c1-32-18-9-10-20(33-2)19(12-18)22-21(23(29)16-5-7-17(26)8-6-16)24(30)25(31)28(22)14-15-4-3-11-27-13-15/h3-13,21-22H,14H2,1-2H3. The number of hydrogen-bond acceptors (Lipinski definition) is 6. The van der Waals surface area contributed by atoms with E-state index in [1.54, 1.807) is 67.0 Å². The molecule has 1 amide bonds. The lowest BCUT2D eigenvalue weighted by Gasteiger charge is -2.28. The Balaban J connectivity index is 1.85. The molecule has 0 N–H and O–H groups in total. The van der Waals surface area contributed by atoms with Gasteiger partial charge in [0.05, 0.1) is 20.3 Å². The molecule has 1 saturated heterocycles. The molecule has 0 saturated carbocycles. The molecule has 2 unspecified atom stereocenters. The number of hydrogen-bond donors (Lipinski definition) is 0. The van der Waals surface area contributed by atoms with E-state index in [1.165, 1.54) is 19.1 Å². The lowest BCUT2D eigenvalue weighted by Crippen LogP contribution is -2.30. The Morgan fingerprint density at radius 1 is 1.06 bits per heavy atom. The van der Waals surface area contributed by atoms with E-state index in [0.29, 0.717) is 27.6 Å².